The van der Waals surface area contributed by atoms with E-state index in [0.29, 0.717) is 36.4 Å². The SMILES string of the molecule is CC(C)(O)[C@H](O)[C@@H]1C[C@H]([C@@H]2CC[C@]3(C)C4=CC[C@@H]5C(C)(C)C(=O)CC[C@]5(C)[C@H]4CC[C@@]23C)[C@@H](O)O1. The lowest BCUT2D eigenvalue weighted by Gasteiger charge is -2.63. The molecule has 4 aliphatic carbocycles. The molecule has 5 heteroatoms. The third-order valence-corrected chi connectivity index (χ3v) is 12.4. The maximum Gasteiger partial charge on any atom is 0.158 e. The van der Waals surface area contributed by atoms with Gasteiger partial charge in [-0.25, -0.2) is 0 Å². The molecule has 0 radical (unpaired) electrons. The van der Waals surface area contributed by atoms with Crippen molar-refractivity contribution >= 4 is 5.78 Å². The molecule has 3 N–H and O–H groups in total. The van der Waals surface area contributed by atoms with Crippen LogP contribution in [0.3, 0.4) is 0 Å². The molecule has 1 aliphatic heterocycles. The second kappa shape index (κ2) is 7.88. The first-order valence-electron chi connectivity index (χ1n) is 14.0. The van der Waals surface area contributed by atoms with E-state index in [1.54, 1.807) is 19.4 Å². The van der Waals surface area contributed by atoms with Crippen LogP contribution in [0.2, 0.25) is 0 Å². The molecule has 1 heterocycles. The Kier molecular flexibility index (Phi) is 5.83. The van der Waals surface area contributed by atoms with Gasteiger partial charge in [-0.05, 0) is 92.8 Å². The van der Waals surface area contributed by atoms with Gasteiger partial charge in [-0.2, -0.15) is 0 Å². The van der Waals surface area contributed by atoms with Crippen LogP contribution in [-0.2, 0) is 9.53 Å². The van der Waals surface area contributed by atoms with Gasteiger partial charge in [0.15, 0.2) is 6.29 Å². The minimum absolute atomic E-state index is 0.0286. The molecule has 0 unspecified atom stereocenters. The molecule has 4 fully saturated rings. The van der Waals surface area contributed by atoms with Crippen LogP contribution in [0.1, 0.15) is 99.8 Å². The summed E-state index contributed by atoms with van der Waals surface area (Å²) in [5.41, 5.74) is 0.409. The van der Waals surface area contributed by atoms with Crippen LogP contribution in [0.25, 0.3) is 0 Å². The van der Waals surface area contributed by atoms with Crippen molar-refractivity contribution in [1.29, 1.82) is 0 Å². The first-order chi connectivity index (χ1) is 16.1. The van der Waals surface area contributed by atoms with Gasteiger partial charge in [0.2, 0.25) is 0 Å². The highest BCUT2D eigenvalue weighted by Gasteiger charge is 2.66. The number of ketones is 1. The molecule has 5 nitrogen and oxygen atoms in total. The zero-order valence-electron chi connectivity index (χ0n) is 22.9. The Morgan fingerprint density at radius 1 is 1.09 bits per heavy atom. The van der Waals surface area contributed by atoms with E-state index in [1.807, 2.05) is 0 Å². The molecule has 1 saturated heterocycles. The lowest BCUT2D eigenvalue weighted by Crippen LogP contribution is -2.57. The molecule has 0 aromatic carbocycles. The normalized spacial score (nSPS) is 50.2. The summed E-state index contributed by atoms with van der Waals surface area (Å²) in [5.74, 6) is 1.66. The zero-order chi connectivity index (χ0) is 25.8. The minimum atomic E-state index is -1.26. The maximum atomic E-state index is 12.8. The van der Waals surface area contributed by atoms with E-state index in [-0.39, 0.29) is 27.6 Å². The lowest BCUT2D eigenvalue weighted by atomic mass is 9.41. The maximum absolute atomic E-state index is 12.8. The molecule has 0 aromatic heterocycles. The molecule has 3 saturated carbocycles. The largest absolute Gasteiger partial charge is 0.388 e. The number of ether oxygens (including phenoxy) is 1. The number of Topliss-reactive ketones (excluding diaryl/α,β-unsaturated/α-hetero) is 1. The Bertz CT molecular complexity index is 916. The highest BCUT2D eigenvalue weighted by Crippen LogP contribution is 2.73. The molecular formula is C30H48O5. The van der Waals surface area contributed by atoms with Crippen molar-refractivity contribution < 1.29 is 24.9 Å². The van der Waals surface area contributed by atoms with Crippen molar-refractivity contribution in [2.75, 3.05) is 0 Å². The van der Waals surface area contributed by atoms with E-state index in [0.717, 1.165) is 38.5 Å². The van der Waals surface area contributed by atoms with E-state index in [1.165, 1.54) is 0 Å². The molecule has 0 spiro atoms. The summed E-state index contributed by atoms with van der Waals surface area (Å²) >= 11 is 0. The summed E-state index contributed by atoms with van der Waals surface area (Å²) in [6.07, 6.45) is 7.78. The van der Waals surface area contributed by atoms with E-state index in [4.69, 9.17) is 4.74 Å². The lowest BCUT2D eigenvalue weighted by molar-refractivity contribution is -0.172. The second-order valence-corrected chi connectivity index (χ2v) is 14.6. The van der Waals surface area contributed by atoms with Crippen molar-refractivity contribution in [3.05, 3.63) is 11.6 Å². The number of aliphatic hydroxyl groups excluding tert-OH is 2. The summed E-state index contributed by atoms with van der Waals surface area (Å²) in [4.78, 5) is 12.8. The van der Waals surface area contributed by atoms with Crippen LogP contribution in [0.5, 0.6) is 0 Å². The average molecular weight is 489 g/mol. The van der Waals surface area contributed by atoms with Crippen LogP contribution in [0.15, 0.2) is 11.6 Å². The number of allylic oxidation sites excluding steroid dienone is 2. The van der Waals surface area contributed by atoms with E-state index < -0.39 is 24.1 Å². The van der Waals surface area contributed by atoms with Gasteiger partial charge in [-0.15, -0.1) is 0 Å². The minimum Gasteiger partial charge on any atom is -0.388 e. The smallest absolute Gasteiger partial charge is 0.158 e. The zero-order valence-corrected chi connectivity index (χ0v) is 22.9. The van der Waals surface area contributed by atoms with E-state index in [2.05, 4.69) is 40.7 Å². The van der Waals surface area contributed by atoms with Gasteiger partial charge in [-0.1, -0.05) is 46.3 Å². The summed E-state index contributed by atoms with van der Waals surface area (Å²) < 4.78 is 5.86. The molecule has 5 aliphatic rings. The fourth-order valence-corrected chi connectivity index (χ4v) is 9.98. The van der Waals surface area contributed by atoms with Gasteiger partial charge in [0.25, 0.3) is 0 Å². The number of carbonyl (C=O) groups is 1. The van der Waals surface area contributed by atoms with Crippen molar-refractivity contribution in [3.8, 4) is 0 Å². The third-order valence-electron chi connectivity index (χ3n) is 12.4. The predicted octanol–water partition coefficient (Wildman–Crippen LogP) is 5.02. The fraction of sp³-hybridized carbons (Fsp3) is 0.900. The Morgan fingerprint density at radius 3 is 2.43 bits per heavy atom. The van der Waals surface area contributed by atoms with Gasteiger partial charge < -0.3 is 20.1 Å². The predicted molar refractivity (Wildman–Crippen MR) is 135 cm³/mol. The molecule has 0 amide bonds. The van der Waals surface area contributed by atoms with Crippen molar-refractivity contribution in [3.63, 3.8) is 0 Å². The van der Waals surface area contributed by atoms with E-state index in [9.17, 15) is 20.1 Å². The summed E-state index contributed by atoms with van der Waals surface area (Å²) in [5, 5.41) is 31.9. The van der Waals surface area contributed by atoms with Crippen LogP contribution >= 0.6 is 0 Å². The molecule has 198 valence electrons. The van der Waals surface area contributed by atoms with Crippen molar-refractivity contribution in [2.24, 2.45) is 45.3 Å². The summed E-state index contributed by atoms with van der Waals surface area (Å²) in [6, 6.07) is 0. The standard InChI is InChI=1S/C30H48O5/c1-26(2)22-9-8-20-19(28(22,5)13-12-23(26)31)11-15-29(6)18(10-14-30(20,29)7)17-16-21(35-25(17)33)24(32)27(3,4)34/h8,17-19,21-22,24-25,32-34H,9-16H2,1-7H3/t17-,18+,19+,21+,22-,24-,25+,28-,29+,30-/m1/s1. The summed E-state index contributed by atoms with van der Waals surface area (Å²) in [7, 11) is 0. The Hall–Kier alpha value is -0.750. The van der Waals surface area contributed by atoms with Gasteiger partial charge >= 0.3 is 0 Å². The first-order valence-corrected chi connectivity index (χ1v) is 14.0. The van der Waals surface area contributed by atoms with Gasteiger partial charge in [0.05, 0.1) is 11.7 Å². The van der Waals surface area contributed by atoms with Gasteiger partial charge in [0, 0.05) is 17.8 Å². The highest BCUT2D eigenvalue weighted by molar-refractivity contribution is 5.85. The van der Waals surface area contributed by atoms with Crippen LogP contribution < -0.4 is 0 Å². The van der Waals surface area contributed by atoms with Crippen LogP contribution in [-0.4, -0.2) is 45.2 Å². The molecule has 35 heavy (non-hydrogen) atoms. The first kappa shape index (κ1) is 25.9. The number of rotatable bonds is 3. The quantitative estimate of drug-likeness (QED) is 0.486. The van der Waals surface area contributed by atoms with Crippen molar-refractivity contribution in [2.45, 2.75) is 124 Å². The van der Waals surface area contributed by atoms with Crippen molar-refractivity contribution in [1.82, 2.24) is 0 Å². The Labute approximate surface area is 211 Å². The summed E-state index contributed by atoms with van der Waals surface area (Å²) in [6.45, 7) is 14.9. The fourth-order valence-electron chi connectivity index (χ4n) is 9.98. The molecule has 10 atom stereocenters. The number of fused-ring (bicyclic) bond motifs is 5. The molecular weight excluding hydrogens is 440 g/mol. The topological polar surface area (TPSA) is 87.0 Å². The number of carbonyl (C=O) groups excluding carboxylic acids is 1. The molecule has 5 rings (SSSR count). The number of hydrogen-bond donors (Lipinski definition) is 3. The number of hydrogen-bond acceptors (Lipinski definition) is 5. The van der Waals surface area contributed by atoms with Crippen LogP contribution in [0.4, 0.5) is 0 Å². The monoisotopic (exact) mass is 488 g/mol. The van der Waals surface area contributed by atoms with E-state index >= 15 is 0 Å². The third kappa shape index (κ3) is 3.43. The van der Waals surface area contributed by atoms with Crippen LogP contribution in [0, 0.1) is 45.3 Å². The Balaban J connectivity index is 1.44. The molecule has 0 aromatic rings. The highest BCUT2D eigenvalue weighted by atomic mass is 16.6. The average Bonchev–Trinajstić information content (AvgIpc) is 3.26. The van der Waals surface area contributed by atoms with Gasteiger partial charge in [-0.3, -0.25) is 4.79 Å². The Morgan fingerprint density at radius 2 is 1.77 bits per heavy atom. The number of aliphatic hydroxyl groups is 3. The molecule has 0 bridgehead atoms. The van der Waals surface area contributed by atoms with Gasteiger partial charge in [0.1, 0.15) is 11.9 Å². The second-order valence-electron chi connectivity index (χ2n) is 14.6.